The van der Waals surface area contributed by atoms with Gasteiger partial charge in [-0.1, -0.05) is 121 Å². The van der Waals surface area contributed by atoms with E-state index in [9.17, 15) is 10.1 Å². The Bertz CT molecular complexity index is 1150. The highest BCUT2D eigenvalue weighted by molar-refractivity contribution is 5.90. The van der Waals surface area contributed by atoms with Crippen molar-refractivity contribution in [2.75, 3.05) is 0 Å². The van der Waals surface area contributed by atoms with E-state index in [0.29, 0.717) is 12.8 Å². The zero-order valence-corrected chi connectivity index (χ0v) is 18.4. The minimum atomic E-state index is -1.06. The molecular formula is C30H26N2O. The molecular weight excluding hydrogens is 404 g/mol. The van der Waals surface area contributed by atoms with Crippen molar-refractivity contribution in [1.82, 2.24) is 0 Å². The van der Waals surface area contributed by atoms with Crippen molar-refractivity contribution < 1.29 is 4.79 Å². The second-order valence-corrected chi connectivity index (χ2v) is 8.25. The van der Waals surface area contributed by atoms with Crippen LogP contribution in [0.1, 0.15) is 35.1 Å². The molecule has 0 saturated heterocycles. The summed E-state index contributed by atoms with van der Waals surface area (Å²) in [6.07, 6.45) is 0.804. The van der Waals surface area contributed by atoms with Gasteiger partial charge in [-0.2, -0.15) is 5.26 Å². The van der Waals surface area contributed by atoms with Gasteiger partial charge in [-0.25, -0.2) is 0 Å². The minimum Gasteiger partial charge on any atom is -0.369 e. The van der Waals surface area contributed by atoms with Gasteiger partial charge in [-0.05, 0) is 35.1 Å². The molecule has 0 spiro atoms. The molecule has 0 fully saturated rings. The molecule has 4 aromatic rings. The average Bonchev–Trinajstić information content (AvgIpc) is 2.89. The van der Waals surface area contributed by atoms with Gasteiger partial charge >= 0.3 is 0 Å². The van der Waals surface area contributed by atoms with Gasteiger partial charge in [0.25, 0.3) is 0 Å². The van der Waals surface area contributed by atoms with E-state index in [0.717, 1.165) is 22.3 Å². The van der Waals surface area contributed by atoms with E-state index in [1.165, 1.54) is 0 Å². The largest absolute Gasteiger partial charge is 0.369 e. The lowest BCUT2D eigenvalue weighted by molar-refractivity contribution is -0.122. The van der Waals surface area contributed by atoms with Gasteiger partial charge in [-0.15, -0.1) is 0 Å². The number of primary amides is 1. The monoisotopic (exact) mass is 430 g/mol. The van der Waals surface area contributed by atoms with Gasteiger partial charge in [0.05, 0.1) is 11.5 Å². The molecule has 4 rings (SSSR count). The zero-order chi connectivity index (χ0) is 23.2. The van der Waals surface area contributed by atoms with Crippen molar-refractivity contribution in [2.24, 2.45) is 5.73 Å². The number of nitriles is 1. The normalized spacial score (nSPS) is 11.5. The molecule has 0 aliphatic carbocycles. The van der Waals surface area contributed by atoms with E-state index in [2.05, 4.69) is 6.07 Å². The van der Waals surface area contributed by atoms with Gasteiger partial charge in [-0.3, -0.25) is 4.79 Å². The van der Waals surface area contributed by atoms with Crippen LogP contribution in [-0.4, -0.2) is 5.91 Å². The quantitative estimate of drug-likeness (QED) is 0.387. The molecule has 1 amide bonds. The number of nitrogens with zero attached hydrogens (tertiary/aromatic N) is 1. The molecule has 3 heteroatoms. The molecule has 33 heavy (non-hydrogen) atoms. The van der Waals surface area contributed by atoms with Gasteiger partial charge in [0.1, 0.15) is 5.41 Å². The third-order valence-corrected chi connectivity index (χ3v) is 6.55. The molecule has 0 bridgehead atoms. The SMILES string of the molecule is N#CC(CCC(C(N)=O)(c1ccccc1)c1ccccc1)(c1ccccc1)c1ccccc1. The van der Waals surface area contributed by atoms with Crippen LogP contribution in [0.15, 0.2) is 121 Å². The first-order chi connectivity index (χ1) is 16.1. The van der Waals surface area contributed by atoms with Gasteiger partial charge < -0.3 is 5.73 Å². The van der Waals surface area contributed by atoms with Crippen molar-refractivity contribution in [3.05, 3.63) is 144 Å². The summed E-state index contributed by atoms with van der Waals surface area (Å²) in [6, 6.07) is 41.5. The van der Waals surface area contributed by atoms with Crippen molar-refractivity contribution in [1.29, 1.82) is 5.26 Å². The third kappa shape index (κ3) is 4.04. The lowest BCUT2D eigenvalue weighted by atomic mass is 9.64. The van der Waals surface area contributed by atoms with E-state index < -0.39 is 16.7 Å². The predicted octanol–water partition coefficient (Wildman–Crippen LogP) is 5.75. The first-order valence-corrected chi connectivity index (χ1v) is 11.1. The summed E-state index contributed by atoms with van der Waals surface area (Å²) in [6.45, 7) is 0. The lowest BCUT2D eigenvalue weighted by Gasteiger charge is -2.36. The fraction of sp³-hybridized carbons (Fsp3) is 0.133. The zero-order valence-electron chi connectivity index (χ0n) is 18.4. The third-order valence-electron chi connectivity index (χ3n) is 6.55. The number of carbonyl (C=O) groups excluding carboxylic acids is 1. The Balaban J connectivity index is 1.89. The van der Waals surface area contributed by atoms with Crippen LogP contribution in [-0.2, 0) is 15.6 Å². The number of hydrogen-bond donors (Lipinski definition) is 1. The Morgan fingerprint density at radius 2 is 0.939 bits per heavy atom. The van der Waals surface area contributed by atoms with Crippen LogP contribution in [0.4, 0.5) is 0 Å². The molecule has 0 aromatic heterocycles. The maximum Gasteiger partial charge on any atom is 0.232 e. The molecule has 0 aliphatic heterocycles. The molecule has 0 radical (unpaired) electrons. The summed E-state index contributed by atoms with van der Waals surface area (Å²) in [5.41, 5.74) is 7.64. The van der Waals surface area contributed by atoms with Gasteiger partial charge in [0.15, 0.2) is 0 Å². The van der Waals surface area contributed by atoms with E-state index >= 15 is 0 Å². The molecule has 162 valence electrons. The van der Waals surface area contributed by atoms with Gasteiger partial charge in [0.2, 0.25) is 5.91 Å². The van der Waals surface area contributed by atoms with Crippen LogP contribution in [0, 0.1) is 11.3 Å². The molecule has 4 aromatic carbocycles. The van der Waals surface area contributed by atoms with E-state index in [-0.39, 0.29) is 0 Å². The second kappa shape index (κ2) is 9.54. The van der Waals surface area contributed by atoms with Crippen LogP contribution >= 0.6 is 0 Å². The van der Waals surface area contributed by atoms with Crippen LogP contribution in [0.25, 0.3) is 0 Å². The van der Waals surface area contributed by atoms with Crippen LogP contribution < -0.4 is 5.73 Å². The number of amides is 1. The molecule has 2 N–H and O–H groups in total. The predicted molar refractivity (Wildman–Crippen MR) is 131 cm³/mol. The number of hydrogen-bond acceptors (Lipinski definition) is 2. The van der Waals surface area contributed by atoms with Crippen LogP contribution in [0.3, 0.4) is 0 Å². The van der Waals surface area contributed by atoms with Crippen molar-refractivity contribution in [3.8, 4) is 6.07 Å². The summed E-state index contributed by atoms with van der Waals surface area (Å²) in [5.74, 6) is -0.423. The van der Waals surface area contributed by atoms with E-state index in [1.54, 1.807) is 0 Å². The highest BCUT2D eigenvalue weighted by Gasteiger charge is 2.44. The second-order valence-electron chi connectivity index (χ2n) is 8.25. The maximum atomic E-state index is 13.2. The van der Waals surface area contributed by atoms with Gasteiger partial charge in [0, 0.05) is 0 Å². The summed E-state index contributed by atoms with van der Waals surface area (Å²) in [5, 5.41) is 10.6. The molecule has 0 heterocycles. The number of benzene rings is 4. The summed E-state index contributed by atoms with van der Waals surface area (Å²) in [7, 11) is 0. The Hall–Kier alpha value is -4.16. The summed E-state index contributed by atoms with van der Waals surface area (Å²) >= 11 is 0. The van der Waals surface area contributed by atoms with Crippen molar-refractivity contribution >= 4 is 5.91 Å². The minimum absolute atomic E-state index is 0.383. The van der Waals surface area contributed by atoms with E-state index in [1.807, 2.05) is 121 Å². The van der Waals surface area contributed by atoms with Crippen molar-refractivity contribution in [2.45, 2.75) is 23.7 Å². The van der Waals surface area contributed by atoms with Crippen LogP contribution in [0.2, 0.25) is 0 Å². The Kier molecular flexibility index (Phi) is 6.38. The smallest absolute Gasteiger partial charge is 0.232 e. The fourth-order valence-electron chi connectivity index (χ4n) is 4.77. The van der Waals surface area contributed by atoms with Crippen LogP contribution in [0.5, 0.6) is 0 Å². The molecule has 3 nitrogen and oxygen atoms in total. The van der Waals surface area contributed by atoms with Crippen molar-refractivity contribution in [3.63, 3.8) is 0 Å². The number of nitrogens with two attached hydrogens (primary N) is 1. The highest BCUT2D eigenvalue weighted by Crippen LogP contribution is 2.43. The Morgan fingerprint density at radius 1 is 0.606 bits per heavy atom. The topological polar surface area (TPSA) is 66.9 Å². The molecule has 0 aliphatic rings. The lowest BCUT2D eigenvalue weighted by Crippen LogP contribution is -2.44. The standard InChI is InChI=1S/C30H26N2O/c31-23-29(24-13-5-1-6-14-24,25-15-7-2-8-16-25)21-22-30(28(32)33,26-17-9-3-10-18-26)27-19-11-4-12-20-27/h1-20H,21-22H2,(H2,32,33). The summed E-state index contributed by atoms with van der Waals surface area (Å²) < 4.78 is 0. The first kappa shape index (κ1) is 22.0. The molecule has 0 atom stereocenters. The van der Waals surface area contributed by atoms with E-state index in [4.69, 9.17) is 5.73 Å². The maximum absolute atomic E-state index is 13.2. The summed E-state index contributed by atoms with van der Waals surface area (Å²) in [4.78, 5) is 13.2. The number of carbonyl (C=O) groups is 1. The highest BCUT2D eigenvalue weighted by atomic mass is 16.1. The Morgan fingerprint density at radius 3 is 1.24 bits per heavy atom. The molecule has 0 saturated carbocycles. The number of rotatable bonds is 8. The average molecular weight is 431 g/mol. The Labute approximate surface area is 195 Å². The molecule has 0 unspecified atom stereocenters. The fourth-order valence-corrected chi connectivity index (χ4v) is 4.77. The first-order valence-electron chi connectivity index (χ1n) is 11.1.